The number of phosphoric acid groups is 1. The van der Waals surface area contributed by atoms with E-state index in [1.807, 2.05) is 0 Å². The summed E-state index contributed by atoms with van der Waals surface area (Å²) in [5, 5.41) is 2.44. The highest BCUT2D eigenvalue weighted by atomic mass is 31.2. The van der Waals surface area contributed by atoms with Crippen LogP contribution >= 0.6 is 7.82 Å². The van der Waals surface area contributed by atoms with Crippen molar-refractivity contribution >= 4 is 14.2 Å². The molecule has 0 atom stereocenters. The van der Waals surface area contributed by atoms with E-state index in [4.69, 9.17) is 4.52 Å². The quantitative estimate of drug-likeness (QED) is 0.360. The van der Waals surface area contributed by atoms with Gasteiger partial charge in [-0.3, -0.25) is 18.4 Å². The van der Waals surface area contributed by atoms with Crippen molar-refractivity contribution in [1.29, 1.82) is 0 Å². The van der Waals surface area contributed by atoms with Crippen LogP contribution in [-0.4, -0.2) is 33.8 Å². The monoisotopic (exact) mass is 211 g/mol. The van der Waals surface area contributed by atoms with E-state index in [1.165, 1.54) is 14.2 Å². The SMILES string of the molecule is COP(=O)(OC)OCCCNC=O. The van der Waals surface area contributed by atoms with Gasteiger partial charge >= 0.3 is 7.82 Å². The molecule has 0 unspecified atom stereocenters. The molecule has 13 heavy (non-hydrogen) atoms. The fourth-order valence-electron chi connectivity index (χ4n) is 0.589. The predicted molar refractivity (Wildman–Crippen MR) is 46.3 cm³/mol. The van der Waals surface area contributed by atoms with Crippen molar-refractivity contribution in [1.82, 2.24) is 5.32 Å². The van der Waals surface area contributed by atoms with Gasteiger partial charge in [0, 0.05) is 20.8 Å². The summed E-state index contributed by atoms with van der Waals surface area (Å²) in [7, 11) is -0.858. The van der Waals surface area contributed by atoms with Gasteiger partial charge in [0.15, 0.2) is 0 Å². The lowest BCUT2D eigenvalue weighted by atomic mass is 10.5. The van der Waals surface area contributed by atoms with Crippen molar-refractivity contribution in [3.05, 3.63) is 0 Å². The predicted octanol–water partition coefficient (Wildman–Crippen LogP) is 0.540. The number of phosphoric ester groups is 1. The van der Waals surface area contributed by atoms with E-state index in [1.54, 1.807) is 0 Å². The zero-order valence-electron chi connectivity index (χ0n) is 7.69. The smallest absolute Gasteiger partial charge is 0.359 e. The minimum atomic E-state index is -3.35. The van der Waals surface area contributed by atoms with Crippen LogP contribution in [0.25, 0.3) is 0 Å². The van der Waals surface area contributed by atoms with Gasteiger partial charge in [-0.05, 0) is 6.42 Å². The Morgan fingerprint density at radius 1 is 1.38 bits per heavy atom. The van der Waals surface area contributed by atoms with E-state index in [9.17, 15) is 9.36 Å². The summed E-state index contributed by atoms with van der Waals surface area (Å²) in [5.74, 6) is 0. The number of hydrogen-bond donors (Lipinski definition) is 1. The summed E-state index contributed by atoms with van der Waals surface area (Å²) in [4.78, 5) is 9.82. The van der Waals surface area contributed by atoms with E-state index >= 15 is 0 Å². The van der Waals surface area contributed by atoms with Crippen LogP contribution in [0.4, 0.5) is 0 Å². The molecule has 7 heteroatoms. The second kappa shape index (κ2) is 7.03. The standard InChI is InChI=1S/C6H14NO5P/c1-10-13(9,11-2)12-5-3-4-7-6-8/h6H,3-5H2,1-2H3,(H,7,8). The molecule has 0 aliphatic carbocycles. The number of amides is 1. The van der Waals surface area contributed by atoms with Crippen LogP contribution in [0.2, 0.25) is 0 Å². The van der Waals surface area contributed by atoms with Gasteiger partial charge in [0.1, 0.15) is 0 Å². The van der Waals surface area contributed by atoms with Gasteiger partial charge in [-0.2, -0.15) is 0 Å². The summed E-state index contributed by atoms with van der Waals surface area (Å²) in [6.45, 7) is 0.677. The second-order valence-corrected chi connectivity index (χ2v) is 3.95. The molecule has 0 fully saturated rings. The molecular weight excluding hydrogens is 197 g/mol. The van der Waals surface area contributed by atoms with Crippen molar-refractivity contribution in [3.63, 3.8) is 0 Å². The lowest BCUT2D eigenvalue weighted by Crippen LogP contribution is -2.14. The number of carbonyl (C=O) groups excluding carboxylic acids is 1. The molecule has 0 aliphatic heterocycles. The number of rotatable bonds is 8. The molecule has 0 saturated heterocycles. The Hall–Kier alpha value is -0.420. The molecule has 0 aliphatic rings. The highest BCUT2D eigenvalue weighted by Gasteiger charge is 2.21. The number of carbonyl (C=O) groups is 1. The molecule has 1 amide bonds. The molecule has 0 aromatic heterocycles. The van der Waals surface area contributed by atoms with Crippen LogP contribution in [0.15, 0.2) is 0 Å². The zero-order valence-corrected chi connectivity index (χ0v) is 8.58. The van der Waals surface area contributed by atoms with Crippen molar-refractivity contribution in [2.75, 3.05) is 27.4 Å². The van der Waals surface area contributed by atoms with Crippen molar-refractivity contribution in [2.24, 2.45) is 0 Å². The summed E-state index contributed by atoms with van der Waals surface area (Å²) < 4.78 is 25.1. The summed E-state index contributed by atoms with van der Waals surface area (Å²) in [6, 6.07) is 0. The fourth-order valence-corrected chi connectivity index (χ4v) is 1.30. The molecule has 0 aromatic rings. The van der Waals surface area contributed by atoms with Gasteiger partial charge in [0.2, 0.25) is 6.41 Å². The first-order valence-corrected chi connectivity index (χ1v) is 5.17. The Bertz CT molecular complexity index is 178. The third kappa shape index (κ3) is 5.76. The Morgan fingerprint density at radius 2 is 2.00 bits per heavy atom. The Labute approximate surface area is 77.2 Å². The summed E-state index contributed by atoms with van der Waals surface area (Å²) in [6.07, 6.45) is 1.14. The van der Waals surface area contributed by atoms with Gasteiger partial charge in [-0.25, -0.2) is 4.57 Å². The van der Waals surface area contributed by atoms with Crippen molar-refractivity contribution in [3.8, 4) is 0 Å². The third-order valence-corrected chi connectivity index (χ3v) is 2.64. The molecule has 1 N–H and O–H groups in total. The van der Waals surface area contributed by atoms with Gasteiger partial charge in [0.05, 0.1) is 6.61 Å². The molecule has 0 spiro atoms. The van der Waals surface area contributed by atoms with Crippen LogP contribution in [0, 0.1) is 0 Å². The maximum absolute atomic E-state index is 11.2. The molecule has 0 radical (unpaired) electrons. The zero-order chi connectivity index (χ0) is 10.2. The number of nitrogens with one attached hydrogen (secondary N) is 1. The molecule has 78 valence electrons. The Morgan fingerprint density at radius 3 is 2.46 bits per heavy atom. The first-order chi connectivity index (χ1) is 6.18. The first kappa shape index (κ1) is 12.6. The van der Waals surface area contributed by atoms with Gasteiger partial charge in [0.25, 0.3) is 0 Å². The minimum Gasteiger partial charge on any atom is -0.359 e. The van der Waals surface area contributed by atoms with Crippen LogP contribution in [0.3, 0.4) is 0 Å². The molecule has 0 heterocycles. The van der Waals surface area contributed by atoms with Crippen LogP contribution < -0.4 is 5.32 Å². The van der Waals surface area contributed by atoms with Crippen molar-refractivity contribution < 1.29 is 22.9 Å². The average Bonchev–Trinajstić information content (AvgIpc) is 2.17. The minimum absolute atomic E-state index is 0.208. The van der Waals surface area contributed by atoms with E-state index in [0.717, 1.165) is 0 Å². The van der Waals surface area contributed by atoms with Crippen LogP contribution in [0.1, 0.15) is 6.42 Å². The van der Waals surface area contributed by atoms with Gasteiger partial charge in [-0.15, -0.1) is 0 Å². The maximum atomic E-state index is 11.2. The molecular formula is C6H14NO5P. The average molecular weight is 211 g/mol. The largest absolute Gasteiger partial charge is 0.474 e. The van der Waals surface area contributed by atoms with E-state index < -0.39 is 7.82 Å². The summed E-state index contributed by atoms with van der Waals surface area (Å²) >= 11 is 0. The Balaban J connectivity index is 3.50. The molecule has 0 rings (SSSR count). The van der Waals surface area contributed by atoms with E-state index in [0.29, 0.717) is 19.4 Å². The highest BCUT2D eigenvalue weighted by molar-refractivity contribution is 7.48. The summed E-state index contributed by atoms with van der Waals surface area (Å²) in [5.41, 5.74) is 0. The molecule has 0 saturated carbocycles. The third-order valence-electron chi connectivity index (χ3n) is 1.25. The van der Waals surface area contributed by atoms with Crippen molar-refractivity contribution in [2.45, 2.75) is 6.42 Å². The Kier molecular flexibility index (Phi) is 6.80. The topological polar surface area (TPSA) is 73.9 Å². The first-order valence-electron chi connectivity index (χ1n) is 3.71. The highest BCUT2D eigenvalue weighted by Crippen LogP contribution is 2.47. The fraction of sp³-hybridized carbons (Fsp3) is 0.833. The van der Waals surface area contributed by atoms with Crippen LogP contribution in [0.5, 0.6) is 0 Å². The second-order valence-electron chi connectivity index (χ2n) is 2.07. The number of hydrogen-bond acceptors (Lipinski definition) is 5. The molecule has 6 nitrogen and oxygen atoms in total. The lowest BCUT2D eigenvalue weighted by Gasteiger charge is -2.12. The van der Waals surface area contributed by atoms with Gasteiger partial charge in [-0.1, -0.05) is 0 Å². The van der Waals surface area contributed by atoms with Crippen LogP contribution in [-0.2, 0) is 22.9 Å². The molecule has 0 aromatic carbocycles. The maximum Gasteiger partial charge on any atom is 0.474 e. The van der Waals surface area contributed by atoms with E-state index in [2.05, 4.69) is 14.4 Å². The van der Waals surface area contributed by atoms with Gasteiger partial charge < -0.3 is 5.32 Å². The lowest BCUT2D eigenvalue weighted by molar-refractivity contribution is -0.109. The molecule has 0 bridgehead atoms. The van der Waals surface area contributed by atoms with E-state index in [-0.39, 0.29) is 6.61 Å². The normalized spacial score (nSPS) is 11.2.